The molecule has 0 spiro atoms. The molecule has 4 N–H and O–H groups in total. The Hall–Kier alpha value is -0.200. The average molecular weight is 231 g/mol. The highest BCUT2D eigenvalue weighted by atomic mass is 15.2. The predicted octanol–water partition coefficient (Wildman–Crippen LogP) is -1.30. The molecule has 16 heavy (non-hydrogen) atoms. The molecule has 0 aromatic rings. The lowest BCUT2D eigenvalue weighted by Gasteiger charge is -2.24. The smallest absolute Gasteiger partial charge is 0.0107 e. The van der Waals surface area contributed by atoms with Crippen molar-refractivity contribution >= 4 is 0 Å². The van der Waals surface area contributed by atoms with Crippen LogP contribution in [0.25, 0.3) is 0 Å². The van der Waals surface area contributed by atoms with Crippen molar-refractivity contribution in [1.82, 2.24) is 14.7 Å². The Bertz CT molecular complexity index is 137. The summed E-state index contributed by atoms with van der Waals surface area (Å²) in [5, 5.41) is 0. The summed E-state index contributed by atoms with van der Waals surface area (Å²) in [6, 6.07) is 0. The third-order valence-electron chi connectivity index (χ3n) is 2.75. The summed E-state index contributed by atoms with van der Waals surface area (Å²) in [5.41, 5.74) is 11.0. The molecule has 5 nitrogen and oxygen atoms in total. The zero-order valence-corrected chi connectivity index (χ0v) is 11.2. The number of nitrogens with two attached hydrogens (primary N) is 2. The van der Waals surface area contributed by atoms with Crippen LogP contribution in [0.3, 0.4) is 0 Å². The van der Waals surface area contributed by atoms with E-state index >= 15 is 0 Å². The second kappa shape index (κ2) is 9.99. The van der Waals surface area contributed by atoms with Crippen LogP contribution in [-0.2, 0) is 0 Å². The van der Waals surface area contributed by atoms with Crippen LogP contribution in [0.4, 0.5) is 0 Å². The van der Waals surface area contributed by atoms with Crippen molar-refractivity contribution in [2.75, 3.05) is 73.5 Å². The van der Waals surface area contributed by atoms with Crippen molar-refractivity contribution in [3.8, 4) is 0 Å². The summed E-state index contributed by atoms with van der Waals surface area (Å²) in [5.74, 6) is 0. The Labute approximate surface area is 100 Å². The maximum Gasteiger partial charge on any atom is 0.0107 e. The molecule has 0 heterocycles. The van der Waals surface area contributed by atoms with E-state index in [-0.39, 0.29) is 0 Å². The van der Waals surface area contributed by atoms with Gasteiger partial charge < -0.3 is 26.2 Å². The van der Waals surface area contributed by atoms with Gasteiger partial charge >= 0.3 is 0 Å². The van der Waals surface area contributed by atoms with Gasteiger partial charge in [-0.05, 0) is 21.1 Å². The van der Waals surface area contributed by atoms with Crippen LogP contribution in [0.1, 0.15) is 0 Å². The van der Waals surface area contributed by atoms with Crippen LogP contribution in [0.15, 0.2) is 0 Å². The van der Waals surface area contributed by atoms with E-state index in [9.17, 15) is 0 Å². The van der Waals surface area contributed by atoms with Crippen molar-refractivity contribution in [2.45, 2.75) is 0 Å². The van der Waals surface area contributed by atoms with E-state index in [2.05, 4.69) is 35.8 Å². The second-order valence-corrected chi connectivity index (χ2v) is 4.49. The Morgan fingerprint density at radius 1 is 0.562 bits per heavy atom. The van der Waals surface area contributed by atoms with Gasteiger partial charge in [0.25, 0.3) is 0 Å². The molecular formula is C11H29N5. The molecule has 0 saturated heterocycles. The van der Waals surface area contributed by atoms with Gasteiger partial charge in [0.1, 0.15) is 0 Å². The summed E-state index contributed by atoms with van der Waals surface area (Å²) < 4.78 is 0. The van der Waals surface area contributed by atoms with Crippen LogP contribution in [0, 0.1) is 0 Å². The van der Waals surface area contributed by atoms with E-state index in [1.54, 1.807) is 0 Å². The standard InChI is InChI=1S/C11H29N5/c1-14(6-4-12)8-10-16(3)11-9-15(2)7-5-13/h4-13H2,1-3H3. The van der Waals surface area contributed by atoms with E-state index in [1.807, 2.05) is 0 Å². The molecule has 0 aliphatic carbocycles. The van der Waals surface area contributed by atoms with Crippen molar-refractivity contribution in [3.05, 3.63) is 0 Å². The minimum atomic E-state index is 0.736. The quantitative estimate of drug-likeness (QED) is 0.489. The van der Waals surface area contributed by atoms with E-state index in [0.29, 0.717) is 0 Å². The highest BCUT2D eigenvalue weighted by molar-refractivity contribution is 4.60. The van der Waals surface area contributed by atoms with Gasteiger partial charge in [0.2, 0.25) is 0 Å². The Kier molecular flexibility index (Phi) is 9.86. The number of hydrogen-bond donors (Lipinski definition) is 2. The lowest BCUT2D eigenvalue weighted by Crippen LogP contribution is -2.38. The van der Waals surface area contributed by atoms with Gasteiger partial charge in [-0.1, -0.05) is 0 Å². The number of nitrogens with zero attached hydrogens (tertiary/aromatic N) is 3. The van der Waals surface area contributed by atoms with Crippen molar-refractivity contribution in [3.63, 3.8) is 0 Å². The zero-order chi connectivity index (χ0) is 12.4. The fourth-order valence-electron chi connectivity index (χ4n) is 1.46. The van der Waals surface area contributed by atoms with Gasteiger partial charge in [0.05, 0.1) is 0 Å². The monoisotopic (exact) mass is 231 g/mol. The molecule has 5 heteroatoms. The first-order chi connectivity index (χ1) is 7.60. The second-order valence-electron chi connectivity index (χ2n) is 4.49. The summed E-state index contributed by atoms with van der Waals surface area (Å²) >= 11 is 0. The first-order valence-corrected chi connectivity index (χ1v) is 6.06. The van der Waals surface area contributed by atoms with Gasteiger partial charge in [-0.2, -0.15) is 0 Å². The molecule has 0 aromatic heterocycles. The molecule has 0 bridgehead atoms. The topological polar surface area (TPSA) is 61.8 Å². The molecule has 0 atom stereocenters. The normalized spacial score (nSPS) is 12.0. The number of rotatable bonds is 10. The van der Waals surface area contributed by atoms with Gasteiger partial charge in [-0.3, -0.25) is 0 Å². The Morgan fingerprint density at radius 3 is 1.06 bits per heavy atom. The van der Waals surface area contributed by atoms with Gasteiger partial charge in [0, 0.05) is 52.4 Å². The minimum Gasteiger partial charge on any atom is -0.329 e. The van der Waals surface area contributed by atoms with Crippen molar-refractivity contribution in [1.29, 1.82) is 0 Å². The molecule has 0 aliphatic heterocycles. The van der Waals surface area contributed by atoms with Crippen LogP contribution in [-0.4, -0.2) is 88.2 Å². The lowest BCUT2D eigenvalue weighted by atomic mass is 10.4. The Morgan fingerprint density at radius 2 is 0.812 bits per heavy atom. The molecule has 0 radical (unpaired) electrons. The molecular weight excluding hydrogens is 202 g/mol. The first-order valence-electron chi connectivity index (χ1n) is 6.06. The summed E-state index contributed by atoms with van der Waals surface area (Å²) in [7, 11) is 6.38. The number of likely N-dealkylation sites (N-methyl/N-ethyl adjacent to an activating group) is 3. The van der Waals surface area contributed by atoms with Crippen LogP contribution in [0.2, 0.25) is 0 Å². The highest BCUT2D eigenvalue weighted by Crippen LogP contribution is 1.88. The summed E-state index contributed by atoms with van der Waals surface area (Å²) in [4.78, 5) is 6.88. The molecule has 0 aromatic carbocycles. The van der Waals surface area contributed by atoms with Crippen molar-refractivity contribution in [2.24, 2.45) is 11.5 Å². The molecule has 0 aliphatic rings. The lowest BCUT2D eigenvalue weighted by molar-refractivity contribution is 0.230. The molecule has 0 saturated carbocycles. The number of hydrogen-bond acceptors (Lipinski definition) is 5. The molecule has 0 unspecified atom stereocenters. The van der Waals surface area contributed by atoms with Crippen molar-refractivity contribution < 1.29 is 0 Å². The summed E-state index contributed by atoms with van der Waals surface area (Å²) in [6.45, 7) is 7.75. The average Bonchev–Trinajstić information content (AvgIpc) is 2.24. The van der Waals surface area contributed by atoms with Gasteiger partial charge in [0.15, 0.2) is 0 Å². The molecule has 98 valence electrons. The van der Waals surface area contributed by atoms with E-state index in [4.69, 9.17) is 11.5 Å². The maximum atomic E-state index is 5.49. The largest absolute Gasteiger partial charge is 0.329 e. The maximum absolute atomic E-state index is 5.49. The third kappa shape index (κ3) is 9.06. The predicted molar refractivity (Wildman–Crippen MR) is 70.6 cm³/mol. The highest BCUT2D eigenvalue weighted by Gasteiger charge is 2.03. The third-order valence-corrected chi connectivity index (χ3v) is 2.75. The first kappa shape index (κ1) is 15.8. The fraction of sp³-hybridized carbons (Fsp3) is 1.00. The fourth-order valence-corrected chi connectivity index (χ4v) is 1.46. The van der Waals surface area contributed by atoms with E-state index in [0.717, 1.165) is 52.4 Å². The Balaban J connectivity index is 3.46. The van der Waals surface area contributed by atoms with E-state index < -0.39 is 0 Å². The van der Waals surface area contributed by atoms with E-state index in [1.165, 1.54) is 0 Å². The van der Waals surface area contributed by atoms with Crippen LogP contribution >= 0.6 is 0 Å². The van der Waals surface area contributed by atoms with Crippen LogP contribution in [0.5, 0.6) is 0 Å². The van der Waals surface area contributed by atoms with Gasteiger partial charge in [-0.25, -0.2) is 0 Å². The molecule has 0 fully saturated rings. The molecule has 0 amide bonds. The molecule has 0 rings (SSSR count). The zero-order valence-electron chi connectivity index (χ0n) is 11.2. The van der Waals surface area contributed by atoms with Crippen LogP contribution < -0.4 is 11.5 Å². The SMILES string of the molecule is CN(CCN)CCN(C)CCN(C)CCN. The van der Waals surface area contributed by atoms with Gasteiger partial charge in [-0.15, -0.1) is 0 Å². The summed E-state index contributed by atoms with van der Waals surface area (Å²) in [6.07, 6.45) is 0. The minimum absolute atomic E-state index is 0.736.